The molecule has 0 aliphatic carbocycles. The standard InChI is InChI=1S/C21H29F3N6O.ClH/c1-2-5-19(20-25-26-27-30(20)15-18-8-4-13-31-18)29-11-9-28(10-12-29)17-7-3-6-16(14-17)21(22,23)24;/h3,6-7,14,18-19H,2,4-5,8-13,15H2,1H3;1H. The maximum absolute atomic E-state index is 13.1. The number of halogens is 4. The van der Waals surface area contributed by atoms with Crippen LogP contribution in [-0.4, -0.2) is 64.0 Å². The van der Waals surface area contributed by atoms with Crippen LogP contribution in [0.1, 0.15) is 50.0 Å². The Kier molecular flexibility index (Phi) is 8.35. The van der Waals surface area contributed by atoms with Crippen LogP contribution in [0.15, 0.2) is 24.3 Å². The van der Waals surface area contributed by atoms with E-state index in [1.165, 1.54) is 12.1 Å². The zero-order chi connectivity index (χ0) is 21.8. The van der Waals surface area contributed by atoms with Crippen molar-refractivity contribution < 1.29 is 17.9 Å². The second kappa shape index (κ2) is 10.8. The Bertz CT molecular complexity index is 850. The Labute approximate surface area is 192 Å². The van der Waals surface area contributed by atoms with Gasteiger partial charge in [-0.25, -0.2) is 4.68 Å². The van der Waals surface area contributed by atoms with E-state index in [2.05, 4.69) is 27.3 Å². The molecule has 0 amide bonds. The number of tetrazole rings is 1. The highest BCUT2D eigenvalue weighted by Crippen LogP contribution is 2.33. The van der Waals surface area contributed by atoms with Crippen LogP contribution in [0.3, 0.4) is 0 Å². The Morgan fingerprint density at radius 1 is 1.19 bits per heavy atom. The molecule has 2 aromatic rings. The zero-order valence-corrected chi connectivity index (χ0v) is 19.0. The summed E-state index contributed by atoms with van der Waals surface area (Å²) in [5, 5.41) is 12.5. The Hall–Kier alpha value is -1.91. The fraction of sp³-hybridized carbons (Fsp3) is 0.667. The highest BCUT2D eigenvalue weighted by molar-refractivity contribution is 5.85. The number of nitrogens with zero attached hydrogens (tertiary/aromatic N) is 6. The van der Waals surface area contributed by atoms with Crippen molar-refractivity contribution in [3.8, 4) is 0 Å². The number of rotatable bonds is 7. The summed E-state index contributed by atoms with van der Waals surface area (Å²) >= 11 is 0. The number of benzene rings is 1. The summed E-state index contributed by atoms with van der Waals surface area (Å²) in [4.78, 5) is 4.37. The average Bonchev–Trinajstić information content (AvgIpc) is 3.44. The van der Waals surface area contributed by atoms with Crippen LogP contribution in [0.4, 0.5) is 18.9 Å². The van der Waals surface area contributed by atoms with Gasteiger partial charge < -0.3 is 9.64 Å². The van der Waals surface area contributed by atoms with Gasteiger partial charge in [0, 0.05) is 38.5 Å². The minimum absolute atomic E-state index is 0. The van der Waals surface area contributed by atoms with Gasteiger partial charge in [-0.15, -0.1) is 17.5 Å². The molecule has 32 heavy (non-hydrogen) atoms. The Balaban J connectivity index is 0.00000289. The van der Waals surface area contributed by atoms with Crippen LogP contribution in [0.2, 0.25) is 0 Å². The molecule has 3 heterocycles. The predicted molar refractivity (Wildman–Crippen MR) is 117 cm³/mol. The van der Waals surface area contributed by atoms with Crippen LogP contribution < -0.4 is 4.90 Å². The minimum atomic E-state index is -4.33. The van der Waals surface area contributed by atoms with Crippen molar-refractivity contribution in [2.24, 2.45) is 0 Å². The fourth-order valence-corrected chi connectivity index (χ4v) is 4.48. The van der Waals surface area contributed by atoms with Gasteiger partial charge in [0.1, 0.15) is 0 Å². The van der Waals surface area contributed by atoms with Gasteiger partial charge in [-0.05, 0) is 47.9 Å². The maximum atomic E-state index is 13.1. The molecule has 0 spiro atoms. The van der Waals surface area contributed by atoms with E-state index in [0.29, 0.717) is 25.3 Å². The summed E-state index contributed by atoms with van der Waals surface area (Å²) in [7, 11) is 0. The molecule has 0 radical (unpaired) electrons. The largest absolute Gasteiger partial charge is 0.416 e. The molecule has 0 N–H and O–H groups in total. The first-order valence-corrected chi connectivity index (χ1v) is 11.0. The number of aromatic nitrogens is 4. The first kappa shape index (κ1) is 24.7. The molecular formula is C21H30ClF3N6O. The van der Waals surface area contributed by atoms with E-state index in [4.69, 9.17) is 4.74 Å². The zero-order valence-electron chi connectivity index (χ0n) is 18.2. The van der Waals surface area contributed by atoms with Gasteiger partial charge in [-0.3, -0.25) is 4.90 Å². The molecule has 1 aromatic carbocycles. The molecule has 2 fully saturated rings. The SMILES string of the molecule is CCCC(c1nnnn1CC1CCCO1)N1CCN(c2cccc(C(F)(F)F)c2)CC1.Cl. The number of alkyl halides is 3. The topological polar surface area (TPSA) is 59.3 Å². The summed E-state index contributed by atoms with van der Waals surface area (Å²) in [6.07, 6.45) is -0.168. The lowest BCUT2D eigenvalue weighted by Gasteiger charge is -2.40. The number of ether oxygens (including phenoxy) is 1. The van der Waals surface area contributed by atoms with Crippen molar-refractivity contribution in [3.05, 3.63) is 35.7 Å². The molecule has 2 saturated heterocycles. The highest BCUT2D eigenvalue weighted by atomic mass is 35.5. The molecule has 2 aliphatic heterocycles. The average molecular weight is 475 g/mol. The van der Waals surface area contributed by atoms with Gasteiger partial charge in [0.05, 0.1) is 24.3 Å². The van der Waals surface area contributed by atoms with Gasteiger partial charge in [-0.2, -0.15) is 13.2 Å². The summed E-state index contributed by atoms with van der Waals surface area (Å²) in [5.41, 5.74) is 0.00864. The molecule has 4 rings (SSSR count). The van der Waals surface area contributed by atoms with Crippen molar-refractivity contribution in [2.45, 2.75) is 57.5 Å². The molecule has 0 saturated carbocycles. The van der Waals surface area contributed by atoms with Gasteiger partial charge in [0.2, 0.25) is 0 Å². The first-order chi connectivity index (χ1) is 15.0. The Morgan fingerprint density at radius 2 is 1.97 bits per heavy atom. The quantitative estimate of drug-likeness (QED) is 0.605. The number of hydrogen-bond donors (Lipinski definition) is 0. The molecule has 11 heteroatoms. The van der Waals surface area contributed by atoms with E-state index in [9.17, 15) is 13.2 Å². The summed E-state index contributed by atoms with van der Waals surface area (Å²) in [6.45, 7) is 6.40. The molecule has 0 bridgehead atoms. The third-order valence-corrected chi connectivity index (χ3v) is 6.11. The van der Waals surface area contributed by atoms with Gasteiger partial charge in [0.15, 0.2) is 5.82 Å². The van der Waals surface area contributed by atoms with Crippen LogP contribution in [-0.2, 0) is 17.5 Å². The summed E-state index contributed by atoms with van der Waals surface area (Å²) in [5.74, 6) is 0.852. The number of piperazine rings is 1. The summed E-state index contributed by atoms with van der Waals surface area (Å²) in [6, 6.07) is 5.66. The highest BCUT2D eigenvalue weighted by Gasteiger charge is 2.32. The third-order valence-electron chi connectivity index (χ3n) is 6.11. The molecule has 2 atom stereocenters. The molecule has 2 unspecified atom stereocenters. The smallest absolute Gasteiger partial charge is 0.376 e. The molecule has 2 aliphatic rings. The number of anilines is 1. The fourth-order valence-electron chi connectivity index (χ4n) is 4.48. The molecule has 178 valence electrons. The summed E-state index contributed by atoms with van der Waals surface area (Å²) < 4.78 is 46.8. The predicted octanol–water partition coefficient (Wildman–Crippen LogP) is 3.96. The van der Waals surface area contributed by atoms with E-state index in [-0.39, 0.29) is 24.6 Å². The second-order valence-corrected chi connectivity index (χ2v) is 8.23. The molecule has 1 aromatic heterocycles. The van der Waals surface area contributed by atoms with E-state index in [1.54, 1.807) is 6.07 Å². The van der Waals surface area contributed by atoms with Crippen LogP contribution in [0.5, 0.6) is 0 Å². The van der Waals surface area contributed by atoms with Crippen molar-refractivity contribution in [3.63, 3.8) is 0 Å². The van der Waals surface area contributed by atoms with E-state index in [1.807, 2.05) is 9.58 Å². The van der Waals surface area contributed by atoms with Crippen molar-refractivity contribution in [1.29, 1.82) is 0 Å². The van der Waals surface area contributed by atoms with E-state index < -0.39 is 11.7 Å². The molecule has 7 nitrogen and oxygen atoms in total. The lowest BCUT2D eigenvalue weighted by molar-refractivity contribution is -0.137. The van der Waals surface area contributed by atoms with E-state index >= 15 is 0 Å². The monoisotopic (exact) mass is 474 g/mol. The normalized spacial score (nSPS) is 20.9. The van der Waals surface area contributed by atoms with E-state index in [0.717, 1.165) is 57.3 Å². The van der Waals surface area contributed by atoms with Crippen LogP contribution in [0, 0.1) is 0 Å². The van der Waals surface area contributed by atoms with Crippen LogP contribution >= 0.6 is 12.4 Å². The first-order valence-electron chi connectivity index (χ1n) is 11.0. The van der Waals surface area contributed by atoms with Gasteiger partial charge in [-0.1, -0.05) is 19.4 Å². The molecular weight excluding hydrogens is 445 g/mol. The Morgan fingerprint density at radius 3 is 2.62 bits per heavy atom. The minimum Gasteiger partial charge on any atom is -0.376 e. The maximum Gasteiger partial charge on any atom is 0.416 e. The van der Waals surface area contributed by atoms with Crippen molar-refractivity contribution >= 4 is 18.1 Å². The number of hydrogen-bond acceptors (Lipinski definition) is 6. The van der Waals surface area contributed by atoms with Gasteiger partial charge >= 0.3 is 6.18 Å². The van der Waals surface area contributed by atoms with Gasteiger partial charge in [0.25, 0.3) is 0 Å². The lowest BCUT2D eigenvalue weighted by atomic mass is 10.1. The van der Waals surface area contributed by atoms with Crippen molar-refractivity contribution in [1.82, 2.24) is 25.1 Å². The third kappa shape index (κ3) is 5.71. The second-order valence-electron chi connectivity index (χ2n) is 8.23. The van der Waals surface area contributed by atoms with Crippen LogP contribution in [0.25, 0.3) is 0 Å². The van der Waals surface area contributed by atoms with Crippen molar-refractivity contribution in [2.75, 3.05) is 37.7 Å². The lowest BCUT2D eigenvalue weighted by Crippen LogP contribution is -2.48.